The first-order valence-electron chi connectivity index (χ1n) is 6.23. The van der Waals surface area contributed by atoms with Crippen molar-refractivity contribution in [3.8, 4) is 0 Å². The SMILES string of the molecule is CC1(C)CCCN(C(=O)c2cc(N)cc(F)c2)C1. The molecule has 0 atom stereocenters. The lowest BCUT2D eigenvalue weighted by molar-refractivity contribution is 0.0583. The van der Waals surface area contributed by atoms with E-state index in [4.69, 9.17) is 5.73 Å². The van der Waals surface area contributed by atoms with E-state index in [9.17, 15) is 9.18 Å². The molecule has 18 heavy (non-hydrogen) atoms. The molecule has 3 nitrogen and oxygen atoms in total. The van der Waals surface area contributed by atoms with Crippen molar-refractivity contribution in [2.45, 2.75) is 26.7 Å². The Kier molecular flexibility index (Phi) is 3.28. The van der Waals surface area contributed by atoms with Gasteiger partial charge in [-0.15, -0.1) is 0 Å². The molecule has 1 aliphatic heterocycles. The Morgan fingerprint density at radius 1 is 1.39 bits per heavy atom. The number of carbonyl (C=O) groups excluding carboxylic acids is 1. The number of benzene rings is 1. The normalized spacial score (nSPS) is 18.7. The maximum atomic E-state index is 13.3. The Labute approximate surface area is 107 Å². The van der Waals surface area contributed by atoms with Crippen molar-refractivity contribution in [3.63, 3.8) is 0 Å². The van der Waals surface area contributed by atoms with Gasteiger partial charge in [-0.25, -0.2) is 4.39 Å². The van der Waals surface area contributed by atoms with Crippen LogP contribution in [0.1, 0.15) is 37.0 Å². The molecule has 0 bridgehead atoms. The summed E-state index contributed by atoms with van der Waals surface area (Å²) in [5.74, 6) is -0.594. The molecular weight excluding hydrogens is 231 g/mol. The third-order valence-corrected chi connectivity index (χ3v) is 3.35. The average molecular weight is 250 g/mol. The van der Waals surface area contributed by atoms with Crippen LogP contribution >= 0.6 is 0 Å². The number of likely N-dealkylation sites (tertiary alicyclic amines) is 1. The van der Waals surface area contributed by atoms with Gasteiger partial charge >= 0.3 is 0 Å². The fourth-order valence-electron chi connectivity index (χ4n) is 2.51. The summed E-state index contributed by atoms with van der Waals surface area (Å²) in [6.45, 7) is 5.74. The molecule has 1 aliphatic rings. The summed E-state index contributed by atoms with van der Waals surface area (Å²) in [5.41, 5.74) is 6.33. The molecule has 2 N–H and O–H groups in total. The first-order chi connectivity index (χ1) is 8.37. The van der Waals surface area contributed by atoms with Gasteiger partial charge in [0, 0.05) is 24.3 Å². The second-order valence-electron chi connectivity index (χ2n) is 5.77. The van der Waals surface area contributed by atoms with Gasteiger partial charge in [0.2, 0.25) is 0 Å². The number of amides is 1. The predicted octanol–water partition coefficient (Wildman–Crippen LogP) is 2.67. The molecule has 1 fully saturated rings. The summed E-state index contributed by atoms with van der Waals surface area (Å²) < 4.78 is 13.3. The van der Waals surface area contributed by atoms with Crippen molar-refractivity contribution >= 4 is 11.6 Å². The minimum atomic E-state index is -0.463. The van der Waals surface area contributed by atoms with Crippen molar-refractivity contribution in [2.24, 2.45) is 5.41 Å². The Morgan fingerprint density at radius 2 is 2.11 bits per heavy atom. The van der Waals surface area contributed by atoms with E-state index in [1.165, 1.54) is 18.2 Å². The predicted molar refractivity (Wildman–Crippen MR) is 69.7 cm³/mol. The number of piperidine rings is 1. The number of nitrogen functional groups attached to an aromatic ring is 1. The van der Waals surface area contributed by atoms with Gasteiger partial charge in [-0.3, -0.25) is 4.79 Å². The Morgan fingerprint density at radius 3 is 2.72 bits per heavy atom. The average Bonchev–Trinajstić information content (AvgIpc) is 2.25. The summed E-state index contributed by atoms with van der Waals surface area (Å²) in [6.07, 6.45) is 2.10. The van der Waals surface area contributed by atoms with Crippen molar-refractivity contribution in [1.82, 2.24) is 4.90 Å². The van der Waals surface area contributed by atoms with Crippen molar-refractivity contribution < 1.29 is 9.18 Å². The molecule has 0 saturated carbocycles. The van der Waals surface area contributed by atoms with Crippen LogP contribution in [0.4, 0.5) is 10.1 Å². The molecule has 0 radical (unpaired) electrons. The summed E-state index contributed by atoms with van der Waals surface area (Å²) >= 11 is 0. The lowest BCUT2D eigenvalue weighted by atomic mass is 9.84. The summed E-state index contributed by atoms with van der Waals surface area (Å²) in [7, 11) is 0. The second kappa shape index (κ2) is 4.59. The third-order valence-electron chi connectivity index (χ3n) is 3.35. The van der Waals surface area contributed by atoms with Crippen LogP contribution in [0.25, 0.3) is 0 Å². The number of halogens is 1. The number of nitrogens with two attached hydrogens (primary N) is 1. The largest absolute Gasteiger partial charge is 0.399 e. The Hall–Kier alpha value is -1.58. The van der Waals surface area contributed by atoms with E-state index >= 15 is 0 Å². The number of carbonyl (C=O) groups is 1. The lowest BCUT2D eigenvalue weighted by Gasteiger charge is -2.38. The number of hydrogen-bond donors (Lipinski definition) is 1. The minimum Gasteiger partial charge on any atom is -0.399 e. The van der Waals surface area contributed by atoms with Gasteiger partial charge in [0.25, 0.3) is 5.91 Å². The van der Waals surface area contributed by atoms with Crippen LogP contribution in [-0.2, 0) is 0 Å². The highest BCUT2D eigenvalue weighted by molar-refractivity contribution is 5.95. The zero-order valence-electron chi connectivity index (χ0n) is 10.9. The summed E-state index contributed by atoms with van der Waals surface area (Å²) in [6, 6.07) is 4.00. The van der Waals surface area contributed by atoms with E-state index in [1.54, 1.807) is 4.90 Å². The highest BCUT2D eigenvalue weighted by atomic mass is 19.1. The van der Waals surface area contributed by atoms with Gasteiger partial charge in [-0.2, -0.15) is 0 Å². The zero-order chi connectivity index (χ0) is 13.3. The Bertz CT molecular complexity index is 451. The monoisotopic (exact) mass is 250 g/mol. The molecule has 98 valence electrons. The van der Waals surface area contributed by atoms with E-state index in [0.29, 0.717) is 12.1 Å². The van der Waals surface area contributed by atoms with Gasteiger partial charge in [0.15, 0.2) is 0 Å². The molecule has 0 unspecified atom stereocenters. The van der Waals surface area contributed by atoms with Gasteiger partial charge < -0.3 is 10.6 Å². The van der Waals surface area contributed by atoms with Crippen molar-refractivity contribution in [3.05, 3.63) is 29.6 Å². The zero-order valence-corrected chi connectivity index (χ0v) is 10.9. The Balaban J connectivity index is 2.20. The van der Waals surface area contributed by atoms with Crippen LogP contribution in [0, 0.1) is 11.2 Å². The van der Waals surface area contributed by atoms with Crippen LogP contribution in [0.3, 0.4) is 0 Å². The maximum absolute atomic E-state index is 13.3. The van der Waals surface area contributed by atoms with Crippen LogP contribution in [0.2, 0.25) is 0 Å². The van der Waals surface area contributed by atoms with Crippen LogP contribution in [-0.4, -0.2) is 23.9 Å². The van der Waals surface area contributed by atoms with E-state index in [-0.39, 0.29) is 17.0 Å². The molecule has 2 rings (SSSR count). The van der Waals surface area contributed by atoms with Gasteiger partial charge in [0.1, 0.15) is 5.82 Å². The standard InChI is InChI=1S/C14H19FN2O/c1-14(2)4-3-5-17(9-14)13(18)10-6-11(15)8-12(16)7-10/h6-8H,3-5,9,16H2,1-2H3. The highest BCUT2D eigenvalue weighted by Gasteiger charge is 2.29. The van der Waals surface area contributed by atoms with E-state index < -0.39 is 5.82 Å². The molecule has 0 spiro atoms. The molecule has 4 heteroatoms. The maximum Gasteiger partial charge on any atom is 0.254 e. The fourth-order valence-corrected chi connectivity index (χ4v) is 2.51. The quantitative estimate of drug-likeness (QED) is 0.779. The minimum absolute atomic E-state index is 0.131. The first-order valence-corrected chi connectivity index (χ1v) is 6.23. The topological polar surface area (TPSA) is 46.3 Å². The first kappa shape index (κ1) is 12.9. The molecule has 1 saturated heterocycles. The van der Waals surface area contributed by atoms with Gasteiger partial charge in [-0.1, -0.05) is 13.8 Å². The molecule has 1 aromatic carbocycles. The van der Waals surface area contributed by atoms with Crippen molar-refractivity contribution in [1.29, 1.82) is 0 Å². The summed E-state index contributed by atoms with van der Waals surface area (Å²) in [5, 5.41) is 0. The smallest absolute Gasteiger partial charge is 0.254 e. The van der Waals surface area contributed by atoms with Crippen LogP contribution in [0.5, 0.6) is 0 Å². The van der Waals surface area contributed by atoms with Gasteiger partial charge in [-0.05, 0) is 36.5 Å². The highest BCUT2D eigenvalue weighted by Crippen LogP contribution is 2.29. The fraction of sp³-hybridized carbons (Fsp3) is 0.500. The van der Waals surface area contributed by atoms with Crippen LogP contribution in [0.15, 0.2) is 18.2 Å². The third kappa shape index (κ3) is 2.81. The van der Waals surface area contributed by atoms with E-state index in [1.807, 2.05) is 0 Å². The molecule has 1 aromatic rings. The molecule has 1 amide bonds. The lowest BCUT2D eigenvalue weighted by Crippen LogP contribution is -2.43. The number of nitrogens with zero attached hydrogens (tertiary/aromatic N) is 1. The van der Waals surface area contributed by atoms with E-state index in [2.05, 4.69) is 13.8 Å². The second-order valence-corrected chi connectivity index (χ2v) is 5.77. The molecule has 0 aliphatic carbocycles. The van der Waals surface area contributed by atoms with Crippen molar-refractivity contribution in [2.75, 3.05) is 18.8 Å². The van der Waals surface area contributed by atoms with Gasteiger partial charge in [0.05, 0.1) is 0 Å². The number of rotatable bonds is 1. The molecular formula is C14H19FN2O. The number of hydrogen-bond acceptors (Lipinski definition) is 2. The summed E-state index contributed by atoms with van der Waals surface area (Å²) in [4.78, 5) is 14.1. The molecule has 1 heterocycles. The number of anilines is 1. The van der Waals surface area contributed by atoms with E-state index in [0.717, 1.165) is 19.4 Å². The van der Waals surface area contributed by atoms with Crippen LogP contribution < -0.4 is 5.73 Å². The molecule has 0 aromatic heterocycles.